The van der Waals surface area contributed by atoms with E-state index in [-0.39, 0.29) is 11.0 Å². The lowest BCUT2D eigenvalue weighted by Gasteiger charge is -2.13. The summed E-state index contributed by atoms with van der Waals surface area (Å²) in [6, 6.07) is 14.9. The molecule has 0 aliphatic heterocycles. The molecule has 0 bridgehead atoms. The van der Waals surface area contributed by atoms with Gasteiger partial charge in [0.25, 0.3) is 5.91 Å². The number of benzene rings is 2. The molecule has 2 rings (SSSR count). The first-order valence-corrected chi connectivity index (χ1v) is 7.92. The Balaban J connectivity index is 2.02. The Bertz CT molecular complexity index is 701. The van der Waals surface area contributed by atoms with Crippen LogP contribution in [-0.4, -0.2) is 17.6 Å². The minimum Gasteiger partial charge on any atom is -0.493 e. The van der Waals surface area contributed by atoms with Crippen LogP contribution in [0.15, 0.2) is 48.5 Å². The highest BCUT2D eigenvalue weighted by atomic mass is 32.1. The highest BCUT2D eigenvalue weighted by Gasteiger charge is 2.13. The summed E-state index contributed by atoms with van der Waals surface area (Å²) < 4.78 is 5.60. The first kappa shape index (κ1) is 17.0. The molecule has 0 aromatic heterocycles. The van der Waals surface area contributed by atoms with Gasteiger partial charge in [0.15, 0.2) is 5.11 Å². The van der Waals surface area contributed by atoms with Gasteiger partial charge in [0.1, 0.15) is 5.75 Å². The van der Waals surface area contributed by atoms with E-state index in [1.807, 2.05) is 44.2 Å². The summed E-state index contributed by atoms with van der Waals surface area (Å²) in [4.78, 5) is 12.4. The van der Waals surface area contributed by atoms with Crippen LogP contribution in [0.4, 0.5) is 5.69 Å². The van der Waals surface area contributed by atoms with Crippen molar-refractivity contribution >= 4 is 28.9 Å². The molecule has 0 spiro atoms. The van der Waals surface area contributed by atoms with Crippen LogP contribution in [0.5, 0.6) is 5.75 Å². The van der Waals surface area contributed by atoms with E-state index in [0.717, 1.165) is 17.7 Å². The molecule has 4 nitrogen and oxygen atoms in total. The molecule has 0 radical (unpaired) electrons. The zero-order valence-corrected chi connectivity index (χ0v) is 14.1. The number of para-hydroxylation sites is 1. The van der Waals surface area contributed by atoms with Crippen LogP contribution in [0.25, 0.3) is 0 Å². The van der Waals surface area contributed by atoms with Crippen LogP contribution in [-0.2, 0) is 0 Å². The lowest BCUT2D eigenvalue weighted by Crippen LogP contribution is -2.34. The average molecular weight is 328 g/mol. The normalized spacial score (nSPS) is 10.0. The summed E-state index contributed by atoms with van der Waals surface area (Å²) in [5, 5.41) is 5.94. The number of hydrogen-bond acceptors (Lipinski definition) is 3. The van der Waals surface area contributed by atoms with Gasteiger partial charge in [-0.15, -0.1) is 0 Å². The molecule has 0 atom stereocenters. The first-order chi connectivity index (χ1) is 11.1. The van der Waals surface area contributed by atoms with E-state index >= 15 is 0 Å². The van der Waals surface area contributed by atoms with Gasteiger partial charge in [-0.3, -0.25) is 10.1 Å². The van der Waals surface area contributed by atoms with E-state index in [9.17, 15) is 4.79 Å². The topological polar surface area (TPSA) is 50.4 Å². The van der Waals surface area contributed by atoms with Crippen molar-refractivity contribution in [1.82, 2.24) is 5.32 Å². The molecular weight excluding hydrogens is 308 g/mol. The minimum atomic E-state index is -0.290. The molecule has 1 amide bonds. The Morgan fingerprint density at radius 3 is 2.70 bits per heavy atom. The number of ether oxygens (including phenoxy) is 1. The third-order valence-corrected chi connectivity index (χ3v) is 3.30. The highest BCUT2D eigenvalue weighted by molar-refractivity contribution is 7.80. The summed E-state index contributed by atoms with van der Waals surface area (Å²) in [6.07, 6.45) is 0.878. The van der Waals surface area contributed by atoms with Crippen molar-refractivity contribution in [2.24, 2.45) is 0 Å². The lowest BCUT2D eigenvalue weighted by atomic mass is 10.2. The number of anilines is 1. The van der Waals surface area contributed by atoms with Crippen LogP contribution < -0.4 is 15.4 Å². The van der Waals surface area contributed by atoms with Gasteiger partial charge in [-0.2, -0.15) is 0 Å². The molecule has 0 unspecified atom stereocenters. The highest BCUT2D eigenvalue weighted by Crippen LogP contribution is 2.18. The van der Waals surface area contributed by atoms with E-state index in [2.05, 4.69) is 10.6 Å². The summed E-state index contributed by atoms with van der Waals surface area (Å²) >= 11 is 5.20. The zero-order chi connectivity index (χ0) is 16.7. The fourth-order valence-electron chi connectivity index (χ4n) is 2.05. The molecule has 0 saturated carbocycles. The molecule has 120 valence electrons. The number of aryl methyl sites for hydroxylation is 1. The minimum absolute atomic E-state index is 0.255. The van der Waals surface area contributed by atoms with E-state index in [1.54, 1.807) is 18.2 Å². The predicted octanol–water partition coefficient (Wildman–Crippen LogP) is 3.91. The van der Waals surface area contributed by atoms with Crippen molar-refractivity contribution in [3.8, 4) is 5.75 Å². The van der Waals surface area contributed by atoms with Gasteiger partial charge < -0.3 is 10.1 Å². The van der Waals surface area contributed by atoms with Gasteiger partial charge in [0.2, 0.25) is 0 Å². The summed E-state index contributed by atoms with van der Waals surface area (Å²) in [5.74, 6) is 0.270. The summed E-state index contributed by atoms with van der Waals surface area (Å²) in [7, 11) is 0. The van der Waals surface area contributed by atoms with Crippen molar-refractivity contribution in [1.29, 1.82) is 0 Å². The molecule has 0 aliphatic rings. The predicted molar refractivity (Wildman–Crippen MR) is 97.1 cm³/mol. The molecule has 0 aliphatic carbocycles. The first-order valence-electron chi connectivity index (χ1n) is 7.51. The van der Waals surface area contributed by atoms with Crippen molar-refractivity contribution in [2.45, 2.75) is 20.3 Å². The molecule has 5 heteroatoms. The van der Waals surface area contributed by atoms with Crippen LogP contribution in [0.1, 0.15) is 29.3 Å². The maximum atomic E-state index is 12.4. The van der Waals surface area contributed by atoms with Gasteiger partial charge in [-0.1, -0.05) is 31.2 Å². The number of rotatable bonds is 5. The van der Waals surface area contributed by atoms with Gasteiger partial charge >= 0.3 is 0 Å². The number of amides is 1. The van der Waals surface area contributed by atoms with E-state index in [1.165, 1.54) is 0 Å². The number of nitrogens with one attached hydrogen (secondary N) is 2. The van der Waals surface area contributed by atoms with Crippen molar-refractivity contribution < 1.29 is 9.53 Å². The molecule has 23 heavy (non-hydrogen) atoms. The second-order valence-corrected chi connectivity index (χ2v) is 5.53. The standard InChI is InChI=1S/C18H20N2O2S/c1-3-11-22-16-10-5-4-9-15(16)17(21)20-18(23)19-14-8-6-7-13(2)12-14/h4-10,12H,3,11H2,1-2H3,(H2,19,20,21,23). The summed E-state index contributed by atoms with van der Waals surface area (Å²) in [5.41, 5.74) is 2.42. The van der Waals surface area contributed by atoms with Crippen molar-refractivity contribution in [2.75, 3.05) is 11.9 Å². The Morgan fingerprint density at radius 1 is 1.17 bits per heavy atom. The fourth-order valence-corrected chi connectivity index (χ4v) is 2.26. The van der Waals surface area contributed by atoms with Gasteiger partial charge in [-0.05, 0) is 55.4 Å². The largest absolute Gasteiger partial charge is 0.493 e. The third kappa shape index (κ3) is 5.07. The number of hydrogen-bond donors (Lipinski definition) is 2. The molecule has 2 aromatic rings. The molecule has 2 N–H and O–H groups in total. The van der Waals surface area contributed by atoms with Crippen molar-refractivity contribution in [3.63, 3.8) is 0 Å². The summed E-state index contributed by atoms with van der Waals surface area (Å²) in [6.45, 7) is 4.58. The Morgan fingerprint density at radius 2 is 1.96 bits per heavy atom. The van der Waals surface area contributed by atoms with E-state index in [4.69, 9.17) is 17.0 Å². The molecule has 0 heterocycles. The maximum Gasteiger partial charge on any atom is 0.261 e. The second-order valence-electron chi connectivity index (χ2n) is 5.12. The Hall–Kier alpha value is -2.40. The number of thiocarbonyl (C=S) groups is 1. The van der Waals surface area contributed by atoms with Gasteiger partial charge in [0.05, 0.1) is 12.2 Å². The number of carbonyl (C=O) groups excluding carboxylic acids is 1. The van der Waals surface area contributed by atoms with Gasteiger partial charge in [0, 0.05) is 5.69 Å². The molecule has 0 fully saturated rings. The number of carbonyl (C=O) groups is 1. The maximum absolute atomic E-state index is 12.4. The monoisotopic (exact) mass is 328 g/mol. The van der Waals surface area contributed by atoms with E-state index in [0.29, 0.717) is 17.9 Å². The molecular formula is C18H20N2O2S. The zero-order valence-electron chi connectivity index (χ0n) is 13.3. The Labute approximate surface area is 141 Å². The molecule has 2 aromatic carbocycles. The quantitative estimate of drug-likeness (QED) is 0.817. The van der Waals surface area contributed by atoms with Crippen molar-refractivity contribution in [3.05, 3.63) is 59.7 Å². The van der Waals surface area contributed by atoms with Crippen LogP contribution in [0.2, 0.25) is 0 Å². The Kier molecular flexibility index (Phi) is 6.11. The van der Waals surface area contributed by atoms with Gasteiger partial charge in [-0.25, -0.2) is 0 Å². The average Bonchev–Trinajstić information content (AvgIpc) is 2.53. The molecule has 0 saturated heterocycles. The third-order valence-electron chi connectivity index (χ3n) is 3.10. The SMILES string of the molecule is CCCOc1ccccc1C(=O)NC(=S)Nc1cccc(C)c1. The van der Waals surface area contributed by atoms with Crippen LogP contribution >= 0.6 is 12.2 Å². The fraction of sp³-hybridized carbons (Fsp3) is 0.222. The van der Waals surface area contributed by atoms with E-state index < -0.39 is 0 Å². The second kappa shape index (κ2) is 8.29. The lowest BCUT2D eigenvalue weighted by molar-refractivity contribution is 0.0973. The smallest absolute Gasteiger partial charge is 0.261 e. The van der Waals surface area contributed by atoms with Crippen LogP contribution in [0.3, 0.4) is 0 Å². The van der Waals surface area contributed by atoms with Crippen LogP contribution in [0, 0.1) is 6.92 Å².